The van der Waals surface area contributed by atoms with Crippen molar-refractivity contribution in [1.82, 2.24) is 5.32 Å². The van der Waals surface area contributed by atoms with Gasteiger partial charge in [0.25, 0.3) is 0 Å². The maximum Gasteiger partial charge on any atom is 0.328 e. The van der Waals surface area contributed by atoms with E-state index < -0.39 is 12.0 Å². The minimum absolute atomic E-state index is 0.0501. The summed E-state index contributed by atoms with van der Waals surface area (Å²) in [5.41, 5.74) is 0. The normalized spacial score (nSPS) is 11.6. The van der Waals surface area contributed by atoms with Crippen molar-refractivity contribution >= 4 is 17.7 Å². The lowest BCUT2D eigenvalue weighted by Gasteiger charge is -2.10. The maximum absolute atomic E-state index is 11.1. The molecule has 5 heteroatoms. The molecule has 0 aliphatic rings. The van der Waals surface area contributed by atoms with Crippen LogP contribution in [0.15, 0.2) is 0 Å². The number of carbonyl (C=O) groups is 3. The quantitative estimate of drug-likeness (QED) is 0.637. The smallest absolute Gasteiger partial charge is 0.328 e. The van der Waals surface area contributed by atoms with E-state index >= 15 is 0 Å². The molecule has 0 fully saturated rings. The lowest BCUT2D eigenvalue weighted by Crippen LogP contribution is -2.39. The lowest BCUT2D eigenvalue weighted by molar-refractivity contribution is -0.144. The van der Waals surface area contributed by atoms with Crippen LogP contribution in [0.1, 0.15) is 26.7 Å². The zero-order valence-corrected chi connectivity index (χ0v) is 8.62. The molecule has 1 atom stereocenters. The molecule has 0 rings (SSSR count). The lowest BCUT2D eigenvalue weighted by atomic mass is 10.2. The van der Waals surface area contributed by atoms with Gasteiger partial charge in [-0.2, -0.15) is 0 Å². The molecule has 0 radical (unpaired) electrons. The van der Waals surface area contributed by atoms with E-state index in [9.17, 15) is 14.4 Å². The highest BCUT2D eigenvalue weighted by Gasteiger charge is 2.15. The van der Waals surface area contributed by atoms with Crippen molar-refractivity contribution in [3.63, 3.8) is 0 Å². The number of methoxy groups -OCH3 is 1. The first-order valence-electron chi connectivity index (χ1n) is 4.34. The number of esters is 1. The Kier molecular flexibility index (Phi) is 5.52. The third-order valence-corrected chi connectivity index (χ3v) is 1.64. The highest BCUT2D eigenvalue weighted by atomic mass is 16.5. The summed E-state index contributed by atoms with van der Waals surface area (Å²) < 4.78 is 4.42. The van der Waals surface area contributed by atoms with Crippen LogP contribution >= 0.6 is 0 Å². The highest BCUT2D eigenvalue weighted by Crippen LogP contribution is 1.93. The Morgan fingerprint density at radius 1 is 1.29 bits per heavy atom. The molecule has 0 aromatic heterocycles. The minimum Gasteiger partial charge on any atom is -0.467 e. The molecule has 1 amide bonds. The maximum atomic E-state index is 11.1. The number of ketones is 1. The van der Waals surface area contributed by atoms with E-state index in [2.05, 4.69) is 10.1 Å². The second kappa shape index (κ2) is 6.12. The number of hydrogen-bond acceptors (Lipinski definition) is 4. The van der Waals surface area contributed by atoms with Crippen LogP contribution in [0.25, 0.3) is 0 Å². The summed E-state index contributed by atoms with van der Waals surface area (Å²) in [5.74, 6) is -0.870. The van der Waals surface area contributed by atoms with Gasteiger partial charge in [0, 0.05) is 12.8 Å². The largest absolute Gasteiger partial charge is 0.467 e. The van der Waals surface area contributed by atoms with Gasteiger partial charge in [0.2, 0.25) is 5.91 Å². The average Bonchev–Trinajstić information content (AvgIpc) is 2.13. The zero-order chi connectivity index (χ0) is 11.1. The summed E-state index contributed by atoms with van der Waals surface area (Å²) in [5, 5.41) is 2.42. The van der Waals surface area contributed by atoms with Crippen LogP contribution in [0.2, 0.25) is 0 Å². The average molecular weight is 201 g/mol. The minimum atomic E-state index is -0.667. The van der Waals surface area contributed by atoms with Crippen LogP contribution in [0, 0.1) is 0 Å². The van der Waals surface area contributed by atoms with Crippen molar-refractivity contribution in [2.75, 3.05) is 7.11 Å². The fourth-order valence-electron chi connectivity index (χ4n) is 0.839. The van der Waals surface area contributed by atoms with Crippen LogP contribution in [0.4, 0.5) is 0 Å². The van der Waals surface area contributed by atoms with Gasteiger partial charge >= 0.3 is 5.97 Å². The van der Waals surface area contributed by atoms with Gasteiger partial charge in [-0.25, -0.2) is 4.79 Å². The summed E-state index contributed by atoms with van der Waals surface area (Å²) in [6, 6.07) is -0.667. The first-order valence-corrected chi connectivity index (χ1v) is 4.34. The molecule has 0 aromatic carbocycles. The van der Waals surface area contributed by atoms with Crippen LogP contribution in [-0.2, 0) is 19.1 Å². The summed E-state index contributed by atoms with van der Waals surface area (Å²) >= 11 is 0. The predicted octanol–water partition coefficient (Wildman–Crippen LogP) is 0.0333. The van der Waals surface area contributed by atoms with Crippen molar-refractivity contribution in [3.8, 4) is 0 Å². The van der Waals surface area contributed by atoms with Gasteiger partial charge < -0.3 is 14.8 Å². The number of nitrogens with one attached hydrogen (secondary N) is 1. The fraction of sp³-hybridized carbons (Fsp3) is 0.667. The summed E-state index contributed by atoms with van der Waals surface area (Å²) in [6.07, 6.45) is 0.302. The Hall–Kier alpha value is -1.39. The van der Waals surface area contributed by atoms with Gasteiger partial charge in [-0.15, -0.1) is 0 Å². The van der Waals surface area contributed by atoms with Crippen LogP contribution in [0.5, 0.6) is 0 Å². The van der Waals surface area contributed by atoms with Crippen LogP contribution in [-0.4, -0.2) is 30.8 Å². The highest BCUT2D eigenvalue weighted by molar-refractivity contribution is 5.87. The van der Waals surface area contributed by atoms with Gasteiger partial charge in [-0.3, -0.25) is 4.79 Å². The van der Waals surface area contributed by atoms with Crippen molar-refractivity contribution in [2.45, 2.75) is 32.7 Å². The molecule has 0 bridgehead atoms. The molecule has 0 aromatic rings. The monoisotopic (exact) mass is 201 g/mol. The molecular formula is C9H15NO4. The molecule has 0 saturated carbocycles. The molecule has 5 nitrogen and oxygen atoms in total. The molecule has 80 valence electrons. The van der Waals surface area contributed by atoms with Gasteiger partial charge in [0.05, 0.1) is 7.11 Å². The van der Waals surface area contributed by atoms with Gasteiger partial charge in [-0.1, -0.05) is 0 Å². The second-order valence-corrected chi connectivity index (χ2v) is 3.01. The van der Waals surface area contributed by atoms with E-state index in [0.717, 1.165) is 0 Å². The van der Waals surface area contributed by atoms with Crippen molar-refractivity contribution < 1.29 is 19.1 Å². The molecule has 0 spiro atoms. The van der Waals surface area contributed by atoms with Crippen molar-refractivity contribution in [2.24, 2.45) is 0 Å². The predicted molar refractivity (Wildman–Crippen MR) is 49.5 cm³/mol. The van der Waals surface area contributed by atoms with E-state index in [-0.39, 0.29) is 24.5 Å². The van der Waals surface area contributed by atoms with Gasteiger partial charge in [0.1, 0.15) is 11.8 Å². The first-order chi connectivity index (χ1) is 6.47. The van der Waals surface area contributed by atoms with Crippen molar-refractivity contribution in [3.05, 3.63) is 0 Å². The summed E-state index contributed by atoms with van der Waals surface area (Å²) in [4.78, 5) is 32.5. The third-order valence-electron chi connectivity index (χ3n) is 1.64. The van der Waals surface area contributed by atoms with Crippen LogP contribution in [0.3, 0.4) is 0 Å². The van der Waals surface area contributed by atoms with Gasteiger partial charge in [-0.05, 0) is 13.8 Å². The Morgan fingerprint density at radius 2 is 1.86 bits per heavy atom. The Balaban J connectivity index is 3.82. The van der Waals surface area contributed by atoms with Crippen molar-refractivity contribution in [1.29, 1.82) is 0 Å². The standard InChI is InChI=1S/C9H15NO4/c1-6(11)4-5-8(12)10-7(2)9(13)14-3/h7H,4-5H2,1-3H3,(H,10,12)/t7-/m0/s1. The molecule has 0 aliphatic carbocycles. The Bertz CT molecular complexity index is 237. The second-order valence-electron chi connectivity index (χ2n) is 3.01. The fourth-order valence-corrected chi connectivity index (χ4v) is 0.839. The Labute approximate surface area is 82.8 Å². The molecule has 14 heavy (non-hydrogen) atoms. The summed E-state index contributed by atoms with van der Waals surface area (Å²) in [6.45, 7) is 2.94. The molecular weight excluding hydrogens is 186 g/mol. The number of amides is 1. The van der Waals surface area contributed by atoms with Crippen LogP contribution < -0.4 is 5.32 Å². The van der Waals surface area contributed by atoms with E-state index in [1.165, 1.54) is 21.0 Å². The SMILES string of the molecule is COC(=O)[C@H](C)NC(=O)CCC(C)=O. The molecule has 1 N–H and O–H groups in total. The number of ether oxygens (including phenoxy) is 1. The molecule has 0 heterocycles. The van der Waals surface area contributed by atoms with E-state index in [0.29, 0.717) is 0 Å². The Morgan fingerprint density at radius 3 is 2.29 bits per heavy atom. The number of Topliss-reactive ketones (excluding diaryl/α,β-unsaturated/α-hetero) is 1. The van der Waals surface area contributed by atoms with E-state index in [1.807, 2.05) is 0 Å². The van der Waals surface area contributed by atoms with E-state index in [4.69, 9.17) is 0 Å². The molecule has 0 aliphatic heterocycles. The molecule has 0 saturated heterocycles. The summed E-state index contributed by atoms with van der Waals surface area (Å²) in [7, 11) is 1.25. The first kappa shape index (κ1) is 12.6. The van der Waals surface area contributed by atoms with Gasteiger partial charge in [0.15, 0.2) is 0 Å². The number of rotatable bonds is 5. The topological polar surface area (TPSA) is 72.5 Å². The number of carbonyl (C=O) groups excluding carboxylic acids is 3. The number of hydrogen-bond donors (Lipinski definition) is 1. The molecule has 0 unspecified atom stereocenters. The van der Waals surface area contributed by atoms with E-state index in [1.54, 1.807) is 0 Å². The third kappa shape index (κ3) is 5.29. The zero-order valence-electron chi connectivity index (χ0n) is 8.62.